The smallest absolute Gasteiger partial charge is 0.122 e. The summed E-state index contributed by atoms with van der Waals surface area (Å²) in [6.07, 6.45) is 2.16. The van der Waals surface area contributed by atoms with E-state index in [1.807, 2.05) is 7.05 Å². The lowest BCUT2D eigenvalue weighted by Crippen LogP contribution is -2.26. The Morgan fingerprint density at radius 1 is 1.25 bits per heavy atom. The van der Waals surface area contributed by atoms with E-state index < -0.39 is 0 Å². The Labute approximate surface area is 97.2 Å². The first kappa shape index (κ1) is 11.4. The van der Waals surface area contributed by atoms with E-state index in [0.717, 1.165) is 44.8 Å². The molecule has 2 N–H and O–H groups in total. The van der Waals surface area contributed by atoms with Gasteiger partial charge >= 0.3 is 0 Å². The van der Waals surface area contributed by atoms with Crippen molar-refractivity contribution in [1.82, 2.24) is 10.6 Å². The van der Waals surface area contributed by atoms with Gasteiger partial charge in [-0.3, -0.25) is 0 Å². The van der Waals surface area contributed by atoms with Crippen LogP contribution in [0, 0.1) is 0 Å². The SMILES string of the molecule is CNCCNCCc1ccc2c(c1)CCO2. The van der Waals surface area contributed by atoms with Gasteiger partial charge in [-0.25, -0.2) is 0 Å². The summed E-state index contributed by atoms with van der Waals surface area (Å²) >= 11 is 0. The fourth-order valence-corrected chi connectivity index (χ4v) is 1.97. The number of ether oxygens (including phenoxy) is 1. The second kappa shape index (κ2) is 5.87. The highest BCUT2D eigenvalue weighted by atomic mass is 16.5. The Morgan fingerprint density at radius 2 is 2.19 bits per heavy atom. The summed E-state index contributed by atoms with van der Waals surface area (Å²) in [6, 6.07) is 6.55. The van der Waals surface area contributed by atoms with E-state index in [9.17, 15) is 0 Å². The zero-order valence-electron chi connectivity index (χ0n) is 9.88. The third kappa shape index (κ3) is 2.97. The van der Waals surface area contributed by atoms with Gasteiger partial charge in [0.25, 0.3) is 0 Å². The highest BCUT2D eigenvalue weighted by Gasteiger charge is 2.11. The van der Waals surface area contributed by atoms with Crippen LogP contribution in [0.2, 0.25) is 0 Å². The van der Waals surface area contributed by atoms with Crippen LogP contribution in [0.25, 0.3) is 0 Å². The molecular formula is C13H20N2O. The predicted molar refractivity (Wildman–Crippen MR) is 66.1 cm³/mol. The second-order valence-electron chi connectivity index (χ2n) is 4.14. The summed E-state index contributed by atoms with van der Waals surface area (Å²) in [6.45, 7) is 3.95. The van der Waals surface area contributed by atoms with Crippen molar-refractivity contribution in [2.24, 2.45) is 0 Å². The largest absolute Gasteiger partial charge is 0.493 e. The van der Waals surface area contributed by atoms with E-state index in [2.05, 4.69) is 28.8 Å². The van der Waals surface area contributed by atoms with Crippen LogP contribution in [0.15, 0.2) is 18.2 Å². The lowest BCUT2D eigenvalue weighted by molar-refractivity contribution is 0.357. The maximum atomic E-state index is 5.49. The van der Waals surface area contributed by atoms with Gasteiger partial charge in [0.15, 0.2) is 0 Å². The Bertz CT molecular complexity index is 339. The minimum Gasteiger partial charge on any atom is -0.493 e. The first-order chi connectivity index (χ1) is 7.90. The van der Waals surface area contributed by atoms with E-state index >= 15 is 0 Å². The minimum absolute atomic E-state index is 0.846. The van der Waals surface area contributed by atoms with Crippen LogP contribution in [-0.2, 0) is 12.8 Å². The van der Waals surface area contributed by atoms with Crippen LogP contribution in [0.4, 0.5) is 0 Å². The molecule has 0 spiro atoms. The molecule has 2 rings (SSSR count). The number of nitrogens with one attached hydrogen (secondary N) is 2. The molecule has 1 aromatic rings. The average molecular weight is 220 g/mol. The molecule has 1 aliphatic rings. The Hall–Kier alpha value is -1.06. The third-order valence-electron chi connectivity index (χ3n) is 2.90. The normalized spacial score (nSPS) is 13.6. The molecule has 16 heavy (non-hydrogen) atoms. The molecule has 0 unspecified atom stereocenters. The molecule has 3 heteroatoms. The number of benzene rings is 1. The summed E-state index contributed by atoms with van der Waals surface area (Å²) in [4.78, 5) is 0. The molecule has 88 valence electrons. The van der Waals surface area contributed by atoms with Gasteiger partial charge in [0.1, 0.15) is 5.75 Å². The molecule has 0 fully saturated rings. The molecule has 0 aliphatic carbocycles. The number of hydrogen-bond donors (Lipinski definition) is 2. The maximum absolute atomic E-state index is 5.49. The monoisotopic (exact) mass is 220 g/mol. The van der Waals surface area contributed by atoms with Crippen molar-refractivity contribution in [3.05, 3.63) is 29.3 Å². The highest BCUT2D eigenvalue weighted by Crippen LogP contribution is 2.25. The van der Waals surface area contributed by atoms with Crippen LogP contribution in [0.3, 0.4) is 0 Å². The highest BCUT2D eigenvalue weighted by molar-refractivity contribution is 5.39. The Balaban J connectivity index is 1.77. The number of rotatable bonds is 6. The van der Waals surface area contributed by atoms with E-state index in [-0.39, 0.29) is 0 Å². The van der Waals surface area contributed by atoms with Crippen LogP contribution in [0.1, 0.15) is 11.1 Å². The van der Waals surface area contributed by atoms with Crippen LogP contribution < -0.4 is 15.4 Å². The summed E-state index contributed by atoms with van der Waals surface area (Å²) in [5, 5.41) is 6.53. The van der Waals surface area contributed by atoms with Crippen molar-refractivity contribution in [3.63, 3.8) is 0 Å². The van der Waals surface area contributed by atoms with Crippen molar-refractivity contribution in [3.8, 4) is 5.75 Å². The Kier molecular flexibility index (Phi) is 4.19. The summed E-state index contributed by atoms with van der Waals surface area (Å²) < 4.78 is 5.49. The Morgan fingerprint density at radius 3 is 3.06 bits per heavy atom. The first-order valence-electron chi connectivity index (χ1n) is 6.00. The number of hydrogen-bond acceptors (Lipinski definition) is 3. The molecule has 0 saturated heterocycles. The topological polar surface area (TPSA) is 33.3 Å². The molecule has 1 aliphatic heterocycles. The summed E-state index contributed by atoms with van der Waals surface area (Å²) in [5.41, 5.74) is 2.77. The molecule has 0 aromatic heterocycles. The lowest BCUT2D eigenvalue weighted by Gasteiger charge is -2.06. The molecule has 0 atom stereocenters. The van der Waals surface area contributed by atoms with Crippen molar-refractivity contribution in [2.75, 3.05) is 33.3 Å². The second-order valence-corrected chi connectivity index (χ2v) is 4.14. The fourth-order valence-electron chi connectivity index (χ4n) is 1.97. The van der Waals surface area contributed by atoms with E-state index in [1.54, 1.807) is 0 Å². The fraction of sp³-hybridized carbons (Fsp3) is 0.538. The van der Waals surface area contributed by atoms with Crippen LogP contribution in [0.5, 0.6) is 5.75 Å². The lowest BCUT2D eigenvalue weighted by atomic mass is 10.1. The molecule has 3 nitrogen and oxygen atoms in total. The molecule has 0 bridgehead atoms. The van der Waals surface area contributed by atoms with Crippen molar-refractivity contribution in [1.29, 1.82) is 0 Å². The first-order valence-corrected chi connectivity index (χ1v) is 6.00. The van der Waals surface area contributed by atoms with Gasteiger partial charge in [0.05, 0.1) is 6.61 Å². The van der Waals surface area contributed by atoms with Crippen molar-refractivity contribution in [2.45, 2.75) is 12.8 Å². The average Bonchev–Trinajstić information content (AvgIpc) is 2.76. The van der Waals surface area contributed by atoms with E-state index in [1.165, 1.54) is 11.1 Å². The third-order valence-corrected chi connectivity index (χ3v) is 2.90. The van der Waals surface area contributed by atoms with Gasteiger partial charge in [0, 0.05) is 19.5 Å². The zero-order chi connectivity index (χ0) is 11.2. The maximum Gasteiger partial charge on any atom is 0.122 e. The number of fused-ring (bicyclic) bond motifs is 1. The molecular weight excluding hydrogens is 200 g/mol. The van der Waals surface area contributed by atoms with Gasteiger partial charge < -0.3 is 15.4 Å². The number of likely N-dealkylation sites (N-methyl/N-ethyl adjacent to an activating group) is 1. The van der Waals surface area contributed by atoms with Gasteiger partial charge in [-0.15, -0.1) is 0 Å². The van der Waals surface area contributed by atoms with E-state index in [4.69, 9.17) is 4.74 Å². The molecule has 1 heterocycles. The minimum atomic E-state index is 0.846. The van der Waals surface area contributed by atoms with Gasteiger partial charge in [-0.1, -0.05) is 12.1 Å². The van der Waals surface area contributed by atoms with Crippen molar-refractivity contribution >= 4 is 0 Å². The summed E-state index contributed by atoms with van der Waals surface area (Å²) in [7, 11) is 1.97. The van der Waals surface area contributed by atoms with Gasteiger partial charge in [0.2, 0.25) is 0 Å². The zero-order valence-corrected chi connectivity index (χ0v) is 9.88. The molecule has 0 amide bonds. The van der Waals surface area contributed by atoms with Crippen LogP contribution in [-0.4, -0.2) is 33.3 Å². The van der Waals surface area contributed by atoms with Crippen LogP contribution >= 0.6 is 0 Å². The predicted octanol–water partition coefficient (Wildman–Crippen LogP) is 0.973. The van der Waals surface area contributed by atoms with Gasteiger partial charge in [-0.2, -0.15) is 0 Å². The molecule has 1 aromatic carbocycles. The van der Waals surface area contributed by atoms with Gasteiger partial charge in [-0.05, 0) is 37.2 Å². The molecule has 0 saturated carbocycles. The quantitative estimate of drug-likeness (QED) is 0.701. The van der Waals surface area contributed by atoms with Crippen molar-refractivity contribution < 1.29 is 4.74 Å². The molecule has 0 radical (unpaired) electrons. The summed E-state index contributed by atoms with van der Waals surface area (Å²) in [5.74, 6) is 1.08. The standard InChI is InChI=1S/C13H20N2O/c1-14-7-8-15-6-4-11-2-3-13-12(10-11)5-9-16-13/h2-3,10,14-15H,4-9H2,1H3. The van der Waals surface area contributed by atoms with E-state index in [0.29, 0.717) is 0 Å².